The number of hydrogen-bond donors (Lipinski definition) is 1. The number of fused-ring (bicyclic) bond motifs is 1. The molecule has 4 nitrogen and oxygen atoms in total. The molecule has 0 bridgehead atoms. The Morgan fingerprint density at radius 2 is 2.27 bits per heavy atom. The fourth-order valence-corrected chi connectivity index (χ4v) is 3.10. The number of amides is 2. The zero-order valence-electron chi connectivity index (χ0n) is 12.1. The minimum atomic E-state index is -0.199. The van der Waals surface area contributed by atoms with Gasteiger partial charge in [0.2, 0.25) is 0 Å². The fourth-order valence-electron chi connectivity index (χ4n) is 2.76. The Labute approximate surface area is 136 Å². The molecule has 0 saturated heterocycles. The topological polar surface area (TPSA) is 45.5 Å². The second-order valence-electron chi connectivity index (χ2n) is 5.41. The van der Waals surface area contributed by atoms with Crippen molar-refractivity contribution in [2.24, 2.45) is 0 Å². The quantitative estimate of drug-likeness (QED) is 0.891. The molecule has 1 aliphatic rings. The van der Waals surface area contributed by atoms with E-state index in [1.807, 2.05) is 12.1 Å². The number of furan rings is 1. The number of hydrogen-bond acceptors (Lipinski definition) is 2. The molecule has 0 saturated carbocycles. The first-order valence-electron chi connectivity index (χ1n) is 7.07. The van der Waals surface area contributed by atoms with Gasteiger partial charge in [0.05, 0.1) is 12.6 Å². The highest BCUT2D eigenvalue weighted by Gasteiger charge is 2.27. The SMILES string of the molecule is CN(Cc1ccc(Br)o1)C(=O)NC1CCc2c(F)cccc21. The highest BCUT2D eigenvalue weighted by molar-refractivity contribution is 9.10. The summed E-state index contributed by atoms with van der Waals surface area (Å²) in [6.07, 6.45) is 1.38. The van der Waals surface area contributed by atoms with Crippen LogP contribution in [-0.2, 0) is 13.0 Å². The number of halogens is 2. The molecule has 22 heavy (non-hydrogen) atoms. The van der Waals surface area contributed by atoms with E-state index in [0.29, 0.717) is 29.0 Å². The number of carbonyl (C=O) groups is 1. The van der Waals surface area contributed by atoms with Crippen LogP contribution in [0.3, 0.4) is 0 Å². The number of nitrogens with zero attached hydrogens (tertiary/aromatic N) is 1. The molecule has 2 aromatic rings. The maximum Gasteiger partial charge on any atom is 0.318 e. The molecular formula is C16H16BrFN2O2. The first kappa shape index (κ1) is 15.1. The minimum absolute atomic E-state index is 0.135. The van der Waals surface area contributed by atoms with Crippen molar-refractivity contribution in [3.8, 4) is 0 Å². The lowest BCUT2D eigenvalue weighted by atomic mass is 10.1. The lowest BCUT2D eigenvalue weighted by Gasteiger charge is -2.21. The van der Waals surface area contributed by atoms with E-state index in [2.05, 4.69) is 21.2 Å². The Balaban J connectivity index is 1.64. The molecule has 1 aliphatic carbocycles. The van der Waals surface area contributed by atoms with Crippen LogP contribution in [0.1, 0.15) is 29.3 Å². The van der Waals surface area contributed by atoms with E-state index in [9.17, 15) is 9.18 Å². The minimum Gasteiger partial charge on any atom is -0.452 e. The monoisotopic (exact) mass is 366 g/mol. The maximum atomic E-state index is 13.7. The van der Waals surface area contributed by atoms with E-state index in [-0.39, 0.29) is 17.9 Å². The molecule has 1 N–H and O–H groups in total. The van der Waals surface area contributed by atoms with Gasteiger partial charge in [0.25, 0.3) is 0 Å². The second-order valence-corrected chi connectivity index (χ2v) is 6.19. The van der Waals surface area contributed by atoms with Crippen LogP contribution in [0.25, 0.3) is 0 Å². The van der Waals surface area contributed by atoms with Crippen molar-refractivity contribution in [1.29, 1.82) is 0 Å². The first-order valence-corrected chi connectivity index (χ1v) is 7.87. The van der Waals surface area contributed by atoms with E-state index in [1.165, 1.54) is 6.07 Å². The van der Waals surface area contributed by atoms with Crippen LogP contribution >= 0.6 is 15.9 Å². The Hall–Kier alpha value is -1.82. The summed E-state index contributed by atoms with van der Waals surface area (Å²) >= 11 is 3.23. The molecular weight excluding hydrogens is 351 g/mol. The Kier molecular flexibility index (Phi) is 4.20. The first-order chi connectivity index (χ1) is 10.5. The van der Waals surface area contributed by atoms with Gasteiger partial charge in [-0.2, -0.15) is 0 Å². The smallest absolute Gasteiger partial charge is 0.318 e. The highest BCUT2D eigenvalue weighted by atomic mass is 79.9. The predicted molar refractivity (Wildman–Crippen MR) is 83.9 cm³/mol. The van der Waals surface area contributed by atoms with Crippen LogP contribution in [0.5, 0.6) is 0 Å². The van der Waals surface area contributed by atoms with E-state index in [0.717, 1.165) is 12.0 Å². The van der Waals surface area contributed by atoms with Gasteiger partial charge in [0.1, 0.15) is 11.6 Å². The number of nitrogens with one attached hydrogen (secondary N) is 1. The third-order valence-electron chi connectivity index (χ3n) is 3.88. The number of benzene rings is 1. The molecule has 0 fully saturated rings. The highest BCUT2D eigenvalue weighted by Crippen LogP contribution is 2.32. The summed E-state index contributed by atoms with van der Waals surface area (Å²) in [6.45, 7) is 0.375. The molecule has 1 aromatic heterocycles. The molecule has 1 atom stereocenters. The van der Waals surface area contributed by atoms with Gasteiger partial charge in [0, 0.05) is 7.05 Å². The van der Waals surface area contributed by atoms with Gasteiger partial charge < -0.3 is 14.6 Å². The summed E-state index contributed by atoms with van der Waals surface area (Å²) in [5.41, 5.74) is 1.59. The lowest BCUT2D eigenvalue weighted by molar-refractivity contribution is 0.198. The van der Waals surface area contributed by atoms with Crippen molar-refractivity contribution in [2.45, 2.75) is 25.4 Å². The van der Waals surface area contributed by atoms with Gasteiger partial charge in [-0.05, 0) is 58.1 Å². The largest absolute Gasteiger partial charge is 0.452 e. The third-order valence-corrected chi connectivity index (χ3v) is 4.31. The Morgan fingerprint density at radius 3 is 3.00 bits per heavy atom. The van der Waals surface area contributed by atoms with Crippen LogP contribution in [0.15, 0.2) is 39.4 Å². The lowest BCUT2D eigenvalue weighted by Crippen LogP contribution is -2.38. The average Bonchev–Trinajstić information content (AvgIpc) is 3.07. The summed E-state index contributed by atoms with van der Waals surface area (Å²) in [6, 6.07) is 8.29. The van der Waals surface area contributed by atoms with Crippen LogP contribution in [0, 0.1) is 5.82 Å². The molecule has 6 heteroatoms. The van der Waals surface area contributed by atoms with Crippen molar-refractivity contribution < 1.29 is 13.6 Å². The van der Waals surface area contributed by atoms with Gasteiger partial charge in [-0.3, -0.25) is 0 Å². The van der Waals surface area contributed by atoms with Crippen LogP contribution in [0.2, 0.25) is 0 Å². The van der Waals surface area contributed by atoms with Crippen LogP contribution < -0.4 is 5.32 Å². The van der Waals surface area contributed by atoms with E-state index in [1.54, 1.807) is 24.1 Å². The zero-order valence-corrected chi connectivity index (χ0v) is 13.7. The predicted octanol–water partition coefficient (Wildman–Crippen LogP) is 4.01. The summed E-state index contributed by atoms with van der Waals surface area (Å²) in [4.78, 5) is 13.8. The Bertz CT molecular complexity index is 701. The third kappa shape index (κ3) is 3.02. The molecule has 0 radical (unpaired) electrons. The van der Waals surface area contributed by atoms with Crippen LogP contribution in [-0.4, -0.2) is 18.0 Å². The molecule has 0 spiro atoms. The van der Waals surface area contributed by atoms with Crippen molar-refractivity contribution >= 4 is 22.0 Å². The van der Waals surface area contributed by atoms with Crippen molar-refractivity contribution in [1.82, 2.24) is 10.2 Å². The number of carbonyl (C=O) groups excluding carboxylic acids is 1. The molecule has 116 valence electrons. The normalized spacial score (nSPS) is 16.4. The van der Waals surface area contributed by atoms with E-state index >= 15 is 0 Å². The van der Waals surface area contributed by atoms with E-state index < -0.39 is 0 Å². The van der Waals surface area contributed by atoms with Gasteiger partial charge >= 0.3 is 6.03 Å². The maximum absolute atomic E-state index is 13.7. The van der Waals surface area contributed by atoms with Crippen molar-refractivity contribution in [3.05, 3.63) is 57.7 Å². The molecule has 1 unspecified atom stereocenters. The molecule has 1 heterocycles. The number of urea groups is 1. The van der Waals surface area contributed by atoms with E-state index in [4.69, 9.17) is 4.42 Å². The molecule has 2 amide bonds. The van der Waals surface area contributed by atoms with Crippen molar-refractivity contribution in [3.63, 3.8) is 0 Å². The zero-order chi connectivity index (χ0) is 15.7. The summed E-state index contributed by atoms with van der Waals surface area (Å²) < 4.78 is 19.7. The summed E-state index contributed by atoms with van der Waals surface area (Å²) in [7, 11) is 1.70. The molecule has 3 rings (SSSR count). The summed E-state index contributed by atoms with van der Waals surface area (Å²) in [5, 5.41) is 2.96. The van der Waals surface area contributed by atoms with Gasteiger partial charge in [-0.25, -0.2) is 9.18 Å². The van der Waals surface area contributed by atoms with Gasteiger partial charge in [-0.15, -0.1) is 0 Å². The number of rotatable bonds is 3. The van der Waals surface area contributed by atoms with Crippen LogP contribution in [0.4, 0.5) is 9.18 Å². The Morgan fingerprint density at radius 1 is 1.45 bits per heavy atom. The fraction of sp³-hybridized carbons (Fsp3) is 0.312. The van der Waals surface area contributed by atoms with Gasteiger partial charge in [-0.1, -0.05) is 12.1 Å². The molecule has 1 aromatic carbocycles. The van der Waals surface area contributed by atoms with Gasteiger partial charge in [0.15, 0.2) is 4.67 Å². The standard InChI is InChI=1S/C16H16BrFN2O2/c1-20(9-10-5-8-15(17)22-10)16(21)19-14-7-6-11-12(14)3-2-4-13(11)18/h2-5,8,14H,6-7,9H2,1H3,(H,19,21). The average molecular weight is 367 g/mol. The molecule has 0 aliphatic heterocycles. The second kappa shape index (κ2) is 6.12. The summed E-state index contributed by atoms with van der Waals surface area (Å²) in [5.74, 6) is 0.505. The van der Waals surface area contributed by atoms with Crippen molar-refractivity contribution in [2.75, 3.05) is 7.05 Å².